The van der Waals surface area contributed by atoms with Gasteiger partial charge in [-0.05, 0) is 43.7 Å². The van der Waals surface area contributed by atoms with Crippen LogP contribution in [0.3, 0.4) is 0 Å². The summed E-state index contributed by atoms with van der Waals surface area (Å²) >= 11 is 0. The van der Waals surface area contributed by atoms with Gasteiger partial charge in [-0.15, -0.1) is 0 Å². The predicted octanol–water partition coefficient (Wildman–Crippen LogP) is 1.25. The first kappa shape index (κ1) is 23.2. The SMILES string of the molecule is CCOc1ccc(S(=O)(=O)NCCC(=O)NN2C(=O)NC(C)(c3ccccc3)C2=O)cc1. The Morgan fingerprint density at radius 3 is 2.38 bits per heavy atom. The molecule has 0 saturated carbocycles. The van der Waals surface area contributed by atoms with Crippen molar-refractivity contribution in [2.75, 3.05) is 13.2 Å². The first-order chi connectivity index (χ1) is 15.2. The smallest absolute Gasteiger partial charge is 0.344 e. The van der Waals surface area contributed by atoms with Crippen molar-refractivity contribution in [1.29, 1.82) is 0 Å². The lowest BCUT2D eigenvalue weighted by molar-refractivity contribution is -0.138. The summed E-state index contributed by atoms with van der Waals surface area (Å²) in [4.78, 5) is 37.3. The van der Waals surface area contributed by atoms with Gasteiger partial charge in [0.05, 0.1) is 11.5 Å². The normalized spacial score (nSPS) is 18.4. The first-order valence-electron chi connectivity index (χ1n) is 9.91. The van der Waals surface area contributed by atoms with Gasteiger partial charge in [0.2, 0.25) is 15.9 Å². The van der Waals surface area contributed by atoms with Crippen LogP contribution in [0.25, 0.3) is 0 Å². The monoisotopic (exact) mass is 460 g/mol. The summed E-state index contributed by atoms with van der Waals surface area (Å²) in [5.74, 6) is -0.792. The number of nitrogens with one attached hydrogen (secondary N) is 3. The van der Waals surface area contributed by atoms with Gasteiger partial charge in [0.25, 0.3) is 5.91 Å². The van der Waals surface area contributed by atoms with Crippen LogP contribution in [0.2, 0.25) is 0 Å². The van der Waals surface area contributed by atoms with E-state index >= 15 is 0 Å². The van der Waals surface area contributed by atoms with Gasteiger partial charge in [0.15, 0.2) is 0 Å². The van der Waals surface area contributed by atoms with E-state index in [1.54, 1.807) is 37.3 Å². The van der Waals surface area contributed by atoms with Crippen molar-refractivity contribution in [2.45, 2.75) is 30.7 Å². The number of benzene rings is 2. The summed E-state index contributed by atoms with van der Waals surface area (Å²) in [6, 6.07) is 13.7. The van der Waals surface area contributed by atoms with Crippen molar-refractivity contribution in [3.63, 3.8) is 0 Å². The van der Waals surface area contributed by atoms with Crippen molar-refractivity contribution in [1.82, 2.24) is 20.5 Å². The van der Waals surface area contributed by atoms with Crippen molar-refractivity contribution >= 4 is 27.9 Å². The number of carbonyl (C=O) groups excluding carboxylic acids is 3. The van der Waals surface area contributed by atoms with Crippen LogP contribution in [0, 0.1) is 0 Å². The second kappa shape index (κ2) is 9.37. The zero-order chi connectivity index (χ0) is 23.4. The number of hydrogen-bond acceptors (Lipinski definition) is 6. The van der Waals surface area contributed by atoms with Crippen LogP contribution in [-0.4, -0.2) is 44.4 Å². The summed E-state index contributed by atoms with van der Waals surface area (Å²) in [6.45, 7) is 3.60. The van der Waals surface area contributed by atoms with E-state index in [4.69, 9.17) is 4.74 Å². The molecule has 11 heteroatoms. The van der Waals surface area contributed by atoms with Gasteiger partial charge in [-0.2, -0.15) is 5.01 Å². The molecule has 32 heavy (non-hydrogen) atoms. The molecule has 0 bridgehead atoms. The third-order valence-electron chi connectivity index (χ3n) is 4.87. The molecule has 1 aliphatic heterocycles. The lowest BCUT2D eigenvalue weighted by Crippen LogP contribution is -2.48. The van der Waals surface area contributed by atoms with Gasteiger partial charge in [-0.25, -0.2) is 17.9 Å². The molecule has 1 saturated heterocycles. The van der Waals surface area contributed by atoms with Crippen LogP contribution < -0.4 is 20.2 Å². The van der Waals surface area contributed by atoms with Gasteiger partial charge in [0.1, 0.15) is 11.3 Å². The van der Waals surface area contributed by atoms with E-state index in [1.807, 2.05) is 6.92 Å². The Kier molecular flexibility index (Phi) is 6.80. The molecule has 1 unspecified atom stereocenters. The lowest BCUT2D eigenvalue weighted by atomic mass is 9.92. The molecule has 2 aromatic rings. The Hall–Kier alpha value is -3.44. The number of amides is 4. The zero-order valence-corrected chi connectivity index (χ0v) is 18.4. The maximum atomic E-state index is 12.8. The fourth-order valence-corrected chi connectivity index (χ4v) is 4.18. The molecule has 0 spiro atoms. The topological polar surface area (TPSA) is 134 Å². The quantitative estimate of drug-likeness (QED) is 0.482. The average Bonchev–Trinajstić information content (AvgIpc) is 2.99. The fraction of sp³-hybridized carbons (Fsp3) is 0.286. The molecule has 0 radical (unpaired) electrons. The van der Waals surface area contributed by atoms with Crippen molar-refractivity contribution in [3.8, 4) is 5.75 Å². The van der Waals surface area contributed by atoms with Crippen LogP contribution in [0.1, 0.15) is 25.8 Å². The first-order valence-corrected chi connectivity index (χ1v) is 11.4. The third-order valence-corrected chi connectivity index (χ3v) is 6.34. The Morgan fingerprint density at radius 2 is 1.75 bits per heavy atom. The highest BCUT2D eigenvalue weighted by Crippen LogP contribution is 2.27. The van der Waals surface area contributed by atoms with Crippen molar-refractivity contribution < 1.29 is 27.5 Å². The Bertz CT molecular complexity index is 1100. The number of hydrazine groups is 1. The largest absolute Gasteiger partial charge is 0.494 e. The Morgan fingerprint density at radius 1 is 1.09 bits per heavy atom. The molecule has 170 valence electrons. The fourth-order valence-electron chi connectivity index (χ4n) is 3.15. The van der Waals surface area contributed by atoms with E-state index < -0.39 is 33.4 Å². The van der Waals surface area contributed by atoms with Gasteiger partial charge in [-0.3, -0.25) is 15.0 Å². The molecule has 2 aromatic carbocycles. The average molecular weight is 461 g/mol. The van der Waals surface area contributed by atoms with Gasteiger partial charge in [0, 0.05) is 13.0 Å². The molecular formula is C21H24N4O6S. The Balaban J connectivity index is 1.55. The minimum Gasteiger partial charge on any atom is -0.494 e. The summed E-state index contributed by atoms with van der Waals surface area (Å²) in [6.07, 6.45) is -0.282. The molecule has 1 fully saturated rings. The highest BCUT2D eigenvalue weighted by molar-refractivity contribution is 7.89. The molecule has 1 aliphatic rings. The number of ether oxygens (including phenoxy) is 1. The number of rotatable bonds is 9. The van der Waals surface area contributed by atoms with E-state index in [9.17, 15) is 22.8 Å². The minimum atomic E-state index is -3.84. The van der Waals surface area contributed by atoms with Crippen LogP contribution in [-0.2, 0) is 25.2 Å². The van der Waals surface area contributed by atoms with E-state index in [-0.39, 0.29) is 17.9 Å². The molecular weight excluding hydrogens is 436 g/mol. The number of urea groups is 1. The minimum absolute atomic E-state index is 0.0223. The van der Waals surface area contributed by atoms with E-state index in [0.717, 1.165) is 0 Å². The summed E-state index contributed by atoms with van der Waals surface area (Å²) in [5.41, 5.74) is 1.48. The molecule has 3 N–H and O–H groups in total. The highest BCUT2D eigenvalue weighted by Gasteiger charge is 2.49. The van der Waals surface area contributed by atoms with Crippen LogP contribution in [0.15, 0.2) is 59.5 Å². The molecule has 1 atom stereocenters. The predicted molar refractivity (Wildman–Crippen MR) is 115 cm³/mol. The zero-order valence-electron chi connectivity index (χ0n) is 17.6. The highest BCUT2D eigenvalue weighted by atomic mass is 32.2. The molecule has 0 aromatic heterocycles. The number of sulfonamides is 1. The van der Waals surface area contributed by atoms with E-state index in [0.29, 0.717) is 22.9 Å². The van der Waals surface area contributed by atoms with Crippen LogP contribution in [0.4, 0.5) is 4.79 Å². The van der Waals surface area contributed by atoms with E-state index in [1.165, 1.54) is 24.3 Å². The number of hydrogen-bond donors (Lipinski definition) is 3. The van der Waals surface area contributed by atoms with Crippen molar-refractivity contribution in [2.24, 2.45) is 0 Å². The van der Waals surface area contributed by atoms with Gasteiger partial charge < -0.3 is 10.1 Å². The third kappa shape index (κ3) is 4.89. The van der Waals surface area contributed by atoms with Gasteiger partial charge in [-0.1, -0.05) is 30.3 Å². The number of imide groups is 1. The molecule has 0 aliphatic carbocycles. The van der Waals surface area contributed by atoms with Crippen molar-refractivity contribution in [3.05, 3.63) is 60.2 Å². The lowest BCUT2D eigenvalue weighted by Gasteiger charge is -2.22. The molecule has 1 heterocycles. The second-order valence-electron chi connectivity index (χ2n) is 7.15. The molecule has 3 rings (SSSR count). The molecule has 4 amide bonds. The number of carbonyl (C=O) groups is 3. The van der Waals surface area contributed by atoms with Gasteiger partial charge >= 0.3 is 6.03 Å². The summed E-state index contributed by atoms with van der Waals surface area (Å²) in [5, 5.41) is 3.18. The molecule has 10 nitrogen and oxygen atoms in total. The van der Waals surface area contributed by atoms with Crippen LogP contribution >= 0.6 is 0 Å². The maximum Gasteiger partial charge on any atom is 0.344 e. The standard InChI is InChI=1S/C21H24N4O6S/c1-3-31-16-9-11-17(12-10-16)32(29,30)22-14-13-18(26)24-25-19(27)21(2,23-20(25)28)15-7-5-4-6-8-15/h4-12,22H,3,13-14H2,1-2H3,(H,23,28)(H,24,26). The van der Waals surface area contributed by atoms with Crippen LogP contribution in [0.5, 0.6) is 5.75 Å². The summed E-state index contributed by atoms with van der Waals surface area (Å²) < 4.78 is 32.3. The number of nitrogens with zero attached hydrogens (tertiary/aromatic N) is 1. The van der Waals surface area contributed by atoms with E-state index in [2.05, 4.69) is 15.5 Å². The Labute approximate surface area is 186 Å². The summed E-state index contributed by atoms with van der Waals surface area (Å²) in [7, 11) is -3.84. The second-order valence-corrected chi connectivity index (χ2v) is 8.92. The maximum absolute atomic E-state index is 12.8.